The third kappa shape index (κ3) is 5.28. The van der Waals surface area contributed by atoms with Gasteiger partial charge in [-0.2, -0.15) is 0 Å². The summed E-state index contributed by atoms with van der Waals surface area (Å²) < 4.78 is 1.72. The second kappa shape index (κ2) is 10.4. The number of carbonyl (C=O) groups is 3. The van der Waals surface area contributed by atoms with Crippen LogP contribution in [0.25, 0.3) is 11.0 Å². The molecule has 35 heavy (non-hydrogen) atoms. The van der Waals surface area contributed by atoms with Gasteiger partial charge < -0.3 is 25.6 Å². The molecule has 1 aromatic heterocycles. The standard InChI is InChI=1S/C23H23Cl2N5O5/c24-14-4-3-5-15(25)19(14)20(31)27-17(21(32)33)12-26-22(34)29-10-8-13(9-11-29)30-18-7-2-1-6-16(18)28-23(30)35/h1-7,13,17H,8-12H2,(H,26,34)(H,27,31)(H,28,35)(H,32,33). The minimum atomic E-state index is -1.39. The number of nitrogens with one attached hydrogen (secondary N) is 3. The van der Waals surface area contributed by atoms with Gasteiger partial charge in [0, 0.05) is 19.1 Å². The number of nitrogens with zero attached hydrogens (tertiary/aromatic N) is 2. The summed E-state index contributed by atoms with van der Waals surface area (Å²) in [6.07, 6.45) is 1.14. The van der Waals surface area contributed by atoms with E-state index >= 15 is 0 Å². The molecule has 1 unspecified atom stereocenters. The maximum Gasteiger partial charge on any atom is 0.328 e. The van der Waals surface area contributed by atoms with Gasteiger partial charge in [-0.15, -0.1) is 0 Å². The Balaban J connectivity index is 1.34. The average molecular weight is 520 g/mol. The van der Waals surface area contributed by atoms with Gasteiger partial charge in [0.25, 0.3) is 5.91 Å². The lowest BCUT2D eigenvalue weighted by Crippen LogP contribution is -2.52. The number of hydrogen-bond acceptors (Lipinski definition) is 4. The molecule has 2 heterocycles. The summed E-state index contributed by atoms with van der Waals surface area (Å²) in [6.45, 7) is 0.452. The summed E-state index contributed by atoms with van der Waals surface area (Å²) in [5.74, 6) is -2.08. The second-order valence-corrected chi connectivity index (χ2v) is 9.00. The van der Waals surface area contributed by atoms with E-state index in [0.29, 0.717) is 25.9 Å². The first-order valence-electron chi connectivity index (χ1n) is 11.0. The fourth-order valence-electron chi connectivity index (χ4n) is 4.21. The summed E-state index contributed by atoms with van der Waals surface area (Å²) in [4.78, 5) is 53.7. The topological polar surface area (TPSA) is 137 Å². The fraction of sp³-hybridized carbons (Fsp3) is 0.304. The second-order valence-electron chi connectivity index (χ2n) is 8.18. The number of fused-ring (bicyclic) bond motifs is 1. The van der Waals surface area contributed by atoms with Gasteiger partial charge in [-0.25, -0.2) is 14.4 Å². The highest BCUT2D eigenvalue weighted by Crippen LogP contribution is 2.25. The molecule has 1 aliphatic heterocycles. The number of imidazole rings is 1. The summed E-state index contributed by atoms with van der Waals surface area (Å²) in [6, 6.07) is 10.0. The number of H-pyrrole nitrogens is 1. The number of amides is 3. The van der Waals surface area contributed by atoms with Crippen LogP contribution in [0.2, 0.25) is 10.0 Å². The molecular weight excluding hydrogens is 497 g/mol. The first kappa shape index (κ1) is 24.6. The average Bonchev–Trinajstić information content (AvgIpc) is 3.17. The number of aromatic nitrogens is 2. The van der Waals surface area contributed by atoms with Crippen LogP contribution in [0.1, 0.15) is 29.2 Å². The highest BCUT2D eigenvalue weighted by Gasteiger charge is 2.28. The largest absolute Gasteiger partial charge is 0.480 e. The Morgan fingerprint density at radius 1 is 1.06 bits per heavy atom. The van der Waals surface area contributed by atoms with Crippen molar-refractivity contribution in [2.24, 2.45) is 0 Å². The van der Waals surface area contributed by atoms with Crippen molar-refractivity contribution in [1.82, 2.24) is 25.1 Å². The summed E-state index contributed by atoms with van der Waals surface area (Å²) in [5, 5.41) is 14.6. The number of benzene rings is 2. The molecule has 0 bridgehead atoms. The molecule has 1 fully saturated rings. The number of aromatic amines is 1. The van der Waals surface area contributed by atoms with Crippen molar-refractivity contribution < 1.29 is 19.5 Å². The van der Waals surface area contributed by atoms with Gasteiger partial charge in [-0.1, -0.05) is 41.4 Å². The van der Waals surface area contributed by atoms with E-state index in [0.717, 1.165) is 11.0 Å². The number of carbonyl (C=O) groups excluding carboxylic acids is 2. The smallest absolute Gasteiger partial charge is 0.328 e. The van der Waals surface area contributed by atoms with Gasteiger partial charge in [0.1, 0.15) is 6.04 Å². The van der Waals surface area contributed by atoms with Crippen molar-refractivity contribution in [3.63, 3.8) is 0 Å². The van der Waals surface area contributed by atoms with Gasteiger partial charge in [0.15, 0.2) is 0 Å². The normalized spacial score (nSPS) is 15.1. The molecule has 1 aliphatic rings. The van der Waals surface area contributed by atoms with E-state index in [1.807, 2.05) is 24.3 Å². The van der Waals surface area contributed by atoms with E-state index < -0.39 is 23.9 Å². The van der Waals surface area contributed by atoms with Gasteiger partial charge in [0.05, 0.1) is 33.2 Å². The Hall–Kier alpha value is -3.50. The van der Waals surface area contributed by atoms with Gasteiger partial charge in [0.2, 0.25) is 0 Å². The number of halogens is 2. The van der Waals surface area contributed by atoms with E-state index in [4.69, 9.17) is 23.2 Å². The quantitative estimate of drug-likeness (QED) is 0.396. The van der Waals surface area contributed by atoms with Crippen molar-refractivity contribution in [1.29, 1.82) is 0 Å². The van der Waals surface area contributed by atoms with Crippen LogP contribution in [0.3, 0.4) is 0 Å². The summed E-state index contributed by atoms with van der Waals surface area (Å²) in [5.41, 5.74) is 1.35. The Morgan fingerprint density at radius 3 is 2.37 bits per heavy atom. The Bertz CT molecular complexity index is 1310. The number of carboxylic acid groups (broad SMARTS) is 1. The van der Waals surface area contributed by atoms with E-state index in [9.17, 15) is 24.3 Å². The predicted octanol–water partition coefficient (Wildman–Crippen LogP) is 2.87. The molecular formula is C23H23Cl2N5O5. The van der Waals surface area contributed by atoms with Crippen LogP contribution in [0, 0.1) is 0 Å². The number of rotatable bonds is 6. The van der Waals surface area contributed by atoms with Crippen LogP contribution in [-0.4, -0.2) is 63.1 Å². The van der Waals surface area contributed by atoms with E-state index in [1.165, 1.54) is 12.1 Å². The number of likely N-dealkylation sites (tertiary alicyclic amines) is 1. The summed E-state index contributed by atoms with van der Waals surface area (Å²) >= 11 is 12.0. The molecule has 0 saturated carbocycles. The van der Waals surface area contributed by atoms with Gasteiger partial charge in [-0.05, 0) is 37.1 Å². The van der Waals surface area contributed by atoms with Crippen molar-refractivity contribution >= 4 is 52.1 Å². The molecule has 0 spiro atoms. The monoisotopic (exact) mass is 519 g/mol. The van der Waals surface area contributed by atoms with E-state index in [-0.39, 0.29) is 33.9 Å². The molecule has 1 atom stereocenters. The molecule has 3 aromatic rings. The molecule has 12 heteroatoms. The number of hydrogen-bond donors (Lipinski definition) is 4. The number of para-hydroxylation sites is 2. The van der Waals surface area contributed by atoms with Gasteiger partial charge >= 0.3 is 17.7 Å². The zero-order valence-corrected chi connectivity index (χ0v) is 20.0. The fourth-order valence-corrected chi connectivity index (χ4v) is 4.78. The Labute approximate surface area is 209 Å². The number of piperidine rings is 1. The predicted molar refractivity (Wildman–Crippen MR) is 131 cm³/mol. The SMILES string of the molecule is O=C(NC(CNC(=O)N1CCC(n2c(=O)[nH]c3ccccc32)CC1)C(=O)O)c1c(Cl)cccc1Cl. The van der Waals surface area contributed by atoms with Crippen LogP contribution in [0.5, 0.6) is 0 Å². The van der Waals surface area contributed by atoms with Crippen LogP contribution < -0.4 is 16.3 Å². The van der Waals surface area contributed by atoms with E-state index in [2.05, 4.69) is 15.6 Å². The lowest BCUT2D eigenvalue weighted by molar-refractivity contribution is -0.139. The molecule has 4 rings (SSSR count). The lowest BCUT2D eigenvalue weighted by Gasteiger charge is -2.32. The molecule has 0 radical (unpaired) electrons. The molecule has 0 aliphatic carbocycles. The zero-order valence-electron chi connectivity index (χ0n) is 18.5. The third-order valence-corrected chi connectivity index (χ3v) is 6.62. The molecule has 3 amide bonds. The molecule has 4 N–H and O–H groups in total. The highest BCUT2D eigenvalue weighted by molar-refractivity contribution is 6.39. The number of aliphatic carboxylic acids is 1. The number of carboxylic acids is 1. The zero-order chi connectivity index (χ0) is 25.1. The van der Waals surface area contributed by atoms with Crippen molar-refractivity contribution in [2.45, 2.75) is 24.9 Å². The lowest BCUT2D eigenvalue weighted by atomic mass is 10.0. The molecule has 1 saturated heterocycles. The first-order valence-corrected chi connectivity index (χ1v) is 11.7. The van der Waals surface area contributed by atoms with Crippen LogP contribution in [-0.2, 0) is 4.79 Å². The Kier molecular flexibility index (Phi) is 7.32. The maximum atomic E-state index is 12.7. The maximum absolute atomic E-state index is 12.7. The third-order valence-electron chi connectivity index (χ3n) is 5.99. The van der Waals surface area contributed by atoms with Crippen molar-refractivity contribution in [3.05, 3.63) is 68.6 Å². The van der Waals surface area contributed by atoms with E-state index in [1.54, 1.807) is 15.5 Å². The minimum absolute atomic E-state index is 0.0389. The van der Waals surface area contributed by atoms with Crippen LogP contribution >= 0.6 is 23.2 Å². The highest BCUT2D eigenvalue weighted by atomic mass is 35.5. The van der Waals surface area contributed by atoms with Crippen molar-refractivity contribution in [2.75, 3.05) is 19.6 Å². The Morgan fingerprint density at radius 2 is 1.71 bits per heavy atom. The van der Waals surface area contributed by atoms with Crippen molar-refractivity contribution in [3.8, 4) is 0 Å². The number of urea groups is 1. The molecule has 10 nitrogen and oxygen atoms in total. The summed E-state index contributed by atoms with van der Waals surface area (Å²) in [7, 11) is 0. The van der Waals surface area contributed by atoms with Gasteiger partial charge in [-0.3, -0.25) is 9.36 Å². The first-order chi connectivity index (χ1) is 16.8. The van der Waals surface area contributed by atoms with Crippen LogP contribution in [0.15, 0.2) is 47.3 Å². The van der Waals surface area contributed by atoms with Crippen LogP contribution in [0.4, 0.5) is 4.79 Å². The minimum Gasteiger partial charge on any atom is -0.480 e. The molecule has 184 valence electrons. The molecule has 2 aromatic carbocycles.